The molecule has 0 spiro atoms. The van der Waals surface area contributed by atoms with Gasteiger partial charge in [-0.05, 0) is 0 Å². The van der Waals surface area contributed by atoms with Gasteiger partial charge in [0, 0.05) is 0 Å². The van der Waals surface area contributed by atoms with E-state index in [1.165, 1.54) is 0 Å². The number of fused-ring (bicyclic) bond motifs is 1. The molecular weight excluding hydrogens is 601 g/mol. The summed E-state index contributed by atoms with van der Waals surface area (Å²) in [7, 11) is -25.2. The topological polar surface area (TPSA) is 327 Å². The number of halogens is 1. The second-order valence-corrected chi connectivity index (χ2v) is 16.6. The summed E-state index contributed by atoms with van der Waals surface area (Å²) in [4.78, 5) is 67.7. The van der Waals surface area contributed by atoms with Crippen LogP contribution in [0.15, 0.2) is 12.7 Å². The summed E-state index contributed by atoms with van der Waals surface area (Å²) in [6.45, 7) is -1.16. The molecule has 1 saturated heterocycles. The van der Waals surface area contributed by atoms with E-state index >= 15 is 0 Å². The van der Waals surface area contributed by atoms with Crippen LogP contribution in [-0.4, -0.2) is 88.1 Å². The van der Waals surface area contributed by atoms with Crippen LogP contribution in [-0.2, 0) is 31.8 Å². The predicted molar refractivity (Wildman–Crippen MR) is 115 cm³/mol. The van der Waals surface area contributed by atoms with Crippen molar-refractivity contribution >= 4 is 59.2 Å². The minimum atomic E-state index is -6.54. The molecule has 3 heterocycles. The molecule has 3 rings (SSSR count). The number of ether oxygens (including phenoxy) is 1. The van der Waals surface area contributed by atoms with Gasteiger partial charge < -0.3 is 50.0 Å². The first-order valence-electron chi connectivity index (χ1n) is 9.00. The highest BCUT2D eigenvalue weighted by atomic mass is 35.5. The third-order valence-electron chi connectivity index (χ3n) is 4.72. The van der Waals surface area contributed by atoms with Gasteiger partial charge in [-0.15, -0.1) is 0 Å². The number of aliphatic hydroxyl groups excluding tert-OH is 2. The van der Waals surface area contributed by atoms with Gasteiger partial charge in [-0.25, -0.2) is 23.8 Å². The monoisotopic (exact) mass is 619 g/mol. The van der Waals surface area contributed by atoms with E-state index in [1.54, 1.807) is 0 Å². The fourth-order valence-electron chi connectivity index (χ4n) is 3.03. The van der Waals surface area contributed by atoms with Crippen molar-refractivity contribution in [3.8, 4) is 0 Å². The smallest absolute Gasteiger partial charge is 0.387 e. The van der Waals surface area contributed by atoms with Gasteiger partial charge in [0.25, 0.3) is 0 Å². The number of nitrogens with zero attached hydrogens (tertiary/aromatic N) is 4. The molecule has 0 aliphatic carbocycles. The fraction of sp³-hybridized carbons (Fsp3) is 0.545. The van der Waals surface area contributed by atoms with Crippen LogP contribution in [0.3, 0.4) is 0 Å². The van der Waals surface area contributed by atoms with Gasteiger partial charge in [0.05, 0.1) is 12.9 Å². The van der Waals surface area contributed by atoms with Gasteiger partial charge in [0.15, 0.2) is 17.7 Å². The number of aromatic nitrogens is 4. The number of nitrogens with two attached hydrogens (primary N) is 1. The van der Waals surface area contributed by atoms with Crippen LogP contribution < -0.4 is 5.73 Å². The summed E-state index contributed by atoms with van der Waals surface area (Å²) < 4.78 is 57.4. The average Bonchev–Trinajstić information content (AvgIpc) is 3.26. The number of phosphoric ester groups is 1. The van der Waals surface area contributed by atoms with Gasteiger partial charge in [-0.3, -0.25) is 22.8 Å². The molecule has 20 nitrogen and oxygen atoms in total. The summed E-state index contributed by atoms with van der Waals surface area (Å²) in [5.41, 5.74) is 5.86. The lowest BCUT2D eigenvalue weighted by atomic mass is 10.1. The van der Waals surface area contributed by atoms with E-state index in [0.29, 0.717) is 0 Å². The van der Waals surface area contributed by atoms with Crippen LogP contribution in [0.25, 0.3) is 11.2 Å². The minimum Gasteiger partial charge on any atom is -0.387 e. The molecule has 36 heavy (non-hydrogen) atoms. The third-order valence-corrected chi connectivity index (χ3v) is 15.7. The van der Waals surface area contributed by atoms with Crippen LogP contribution in [0, 0.1) is 0 Å². The first kappa shape index (κ1) is 29.7. The molecule has 1 fully saturated rings. The minimum absolute atomic E-state index is 0.0144. The Morgan fingerprint density at radius 2 is 1.61 bits per heavy atom. The molecule has 1 aliphatic rings. The van der Waals surface area contributed by atoms with E-state index < -0.39 is 65.9 Å². The molecule has 2 aromatic rings. The first-order valence-corrected chi connectivity index (χ1v) is 15.7. The van der Waals surface area contributed by atoms with E-state index in [9.17, 15) is 38.3 Å². The van der Waals surface area contributed by atoms with Crippen molar-refractivity contribution in [3.05, 3.63) is 12.7 Å². The SMILES string of the molecule is Nc1ncnc2c1ncn2[C@@H]1O[C@H](COP(=O)(O)OP(=O)(O)C(Cl)(P(=O)(O)O)P(=O)(O)O)[C@@H](O)[C@H]1O. The molecule has 0 radical (unpaired) electrons. The number of imidazole rings is 1. The van der Waals surface area contributed by atoms with Crippen LogP contribution in [0.4, 0.5) is 5.82 Å². The molecule has 0 amide bonds. The largest absolute Gasteiger partial charge is 0.479 e. The van der Waals surface area contributed by atoms with Crippen molar-refractivity contribution in [3.63, 3.8) is 0 Å². The molecule has 204 valence electrons. The van der Waals surface area contributed by atoms with Gasteiger partial charge >= 0.3 is 34.7 Å². The number of anilines is 1. The zero-order chi connectivity index (χ0) is 27.5. The summed E-state index contributed by atoms with van der Waals surface area (Å²) >= 11 is 5.12. The summed E-state index contributed by atoms with van der Waals surface area (Å²) in [5, 5.41) is 20.6. The maximum atomic E-state index is 12.3. The molecular formula is C11H18ClN5O15P4. The lowest BCUT2D eigenvalue weighted by Gasteiger charge is -2.31. The van der Waals surface area contributed by atoms with Crippen LogP contribution in [0.5, 0.6) is 0 Å². The highest BCUT2D eigenvalue weighted by molar-refractivity contribution is 7.93. The number of rotatable bonds is 9. The highest BCUT2D eigenvalue weighted by Crippen LogP contribution is 2.88. The van der Waals surface area contributed by atoms with Crippen molar-refractivity contribution in [2.24, 2.45) is 0 Å². The number of hydrogen-bond acceptors (Lipinski definition) is 13. The predicted octanol–water partition coefficient (Wildman–Crippen LogP) is -1.45. The Bertz CT molecular complexity index is 1320. The van der Waals surface area contributed by atoms with Gasteiger partial charge in [-0.1, -0.05) is 11.6 Å². The average molecular weight is 620 g/mol. The van der Waals surface area contributed by atoms with Crippen LogP contribution >= 0.6 is 42.2 Å². The number of nitrogen functional groups attached to an aromatic ring is 1. The Morgan fingerprint density at radius 1 is 1.03 bits per heavy atom. The van der Waals surface area contributed by atoms with Crippen molar-refractivity contribution in [1.82, 2.24) is 19.5 Å². The summed E-state index contributed by atoms with van der Waals surface area (Å²) in [5.74, 6) is -0.0144. The maximum Gasteiger partial charge on any atom is 0.479 e. The quantitative estimate of drug-likeness (QED) is 0.114. The molecule has 25 heteroatoms. The van der Waals surface area contributed by atoms with Crippen molar-refractivity contribution in [2.75, 3.05) is 12.3 Å². The molecule has 0 aromatic carbocycles. The summed E-state index contributed by atoms with van der Waals surface area (Å²) in [6, 6.07) is 0. The molecule has 2 aromatic heterocycles. The van der Waals surface area contributed by atoms with Crippen LogP contribution in [0.2, 0.25) is 0 Å². The Morgan fingerprint density at radius 3 is 2.17 bits per heavy atom. The number of hydrogen-bond donors (Lipinski definition) is 9. The highest BCUT2D eigenvalue weighted by Gasteiger charge is 2.73. The first-order chi connectivity index (χ1) is 16.2. The zero-order valence-electron chi connectivity index (χ0n) is 17.1. The Labute approximate surface area is 204 Å². The lowest BCUT2D eigenvalue weighted by Crippen LogP contribution is -2.33. The maximum absolute atomic E-state index is 12.3. The Hall–Kier alpha value is -0.880. The Balaban J connectivity index is 1.78. The van der Waals surface area contributed by atoms with Gasteiger partial charge in [-0.2, -0.15) is 0 Å². The van der Waals surface area contributed by atoms with Crippen molar-refractivity contribution in [1.29, 1.82) is 0 Å². The second-order valence-electron chi connectivity index (χ2n) is 7.14. The third kappa shape index (κ3) is 5.19. The molecule has 6 atom stereocenters. The van der Waals surface area contributed by atoms with E-state index in [0.717, 1.165) is 17.2 Å². The molecule has 2 unspecified atom stereocenters. The second kappa shape index (κ2) is 9.70. The van der Waals surface area contributed by atoms with E-state index in [1.807, 2.05) is 0 Å². The van der Waals surface area contributed by atoms with E-state index in [-0.39, 0.29) is 17.0 Å². The molecule has 1 aliphatic heterocycles. The zero-order valence-corrected chi connectivity index (χ0v) is 21.5. The number of aliphatic hydroxyl groups is 2. The van der Waals surface area contributed by atoms with Gasteiger partial charge in [0.2, 0.25) is 0 Å². The molecule has 10 N–H and O–H groups in total. The van der Waals surface area contributed by atoms with Crippen molar-refractivity contribution < 1.29 is 71.4 Å². The van der Waals surface area contributed by atoms with Crippen molar-refractivity contribution in [2.45, 2.75) is 28.6 Å². The standard InChI is InChI=1S/C11H18ClN5O15P4/c12-11(33(20,21)22,34(23,24)25)35(26,27)32-36(28,29)30-1-4-6(18)7(19)10(31-4)17-3-16-5-8(13)14-2-15-9(5)17/h2-4,6-7,10,18-19H,1H2,(H,26,27)(H,28,29)(H2,13,14,15)(H2,20,21,22)(H2,23,24,25)/t4-,6-,7-,10-/m1/s1. The van der Waals surface area contributed by atoms with E-state index in [4.69, 9.17) is 41.6 Å². The fourth-order valence-corrected chi connectivity index (χ4v) is 10.0. The number of alkyl halides is 1. The van der Waals surface area contributed by atoms with Gasteiger partial charge in [0.1, 0.15) is 30.2 Å². The van der Waals surface area contributed by atoms with E-state index in [2.05, 4.69) is 23.8 Å². The lowest BCUT2D eigenvalue weighted by molar-refractivity contribution is -0.0501. The Kier molecular flexibility index (Phi) is 7.99. The summed E-state index contributed by atoms with van der Waals surface area (Å²) in [6.07, 6.45) is -4.36. The normalized spacial score (nSPS) is 27.1. The molecule has 0 saturated carbocycles. The molecule has 0 bridgehead atoms. The van der Waals surface area contributed by atoms with Crippen LogP contribution in [0.1, 0.15) is 6.23 Å². The number of phosphoric acid groups is 1.